The lowest BCUT2D eigenvalue weighted by molar-refractivity contribution is -0.293. The highest BCUT2D eigenvalue weighted by atomic mass is 35.5. The van der Waals surface area contributed by atoms with Gasteiger partial charge in [0.1, 0.15) is 47.4 Å². The van der Waals surface area contributed by atoms with Crippen LogP contribution in [0.1, 0.15) is 17.2 Å². The third-order valence-corrected chi connectivity index (χ3v) is 5.60. The molecule has 1 fully saturated rings. The lowest BCUT2D eigenvalue weighted by atomic mass is 9.98. The first-order valence-corrected chi connectivity index (χ1v) is 10.2. The van der Waals surface area contributed by atoms with E-state index >= 15 is 0 Å². The standard InChI is InChI=1S/C22H24O12.ClH/c1-31-14-3-8(2-12(26)17(14)27)21-15(6-10-11(25)4-9(24)5-13(10)32-21)33-22-20(30)19(29)18(28)16(7-23)34-22;/h2-6,16,18-30H,7H2,1H3;1H/p-1/t16-,18+,19+,20-,21?,22-;/m1./s1. The van der Waals surface area contributed by atoms with Crippen molar-refractivity contribution in [2.45, 2.75) is 36.8 Å². The van der Waals surface area contributed by atoms with Gasteiger partial charge < -0.3 is 72.2 Å². The Balaban J connectivity index is 0.00000342. The number of methoxy groups -OCH3 is 1. The van der Waals surface area contributed by atoms with Crippen LogP contribution in [0.3, 0.4) is 0 Å². The molecule has 0 aromatic heterocycles. The third kappa shape index (κ3) is 4.85. The average Bonchev–Trinajstić information content (AvgIpc) is 2.81. The van der Waals surface area contributed by atoms with Gasteiger partial charge in [-0.3, -0.25) is 0 Å². The number of halogens is 1. The molecule has 0 spiro atoms. The minimum Gasteiger partial charge on any atom is -1.00 e. The highest BCUT2D eigenvalue weighted by Crippen LogP contribution is 2.47. The molecular formula is C22H24ClO12-. The van der Waals surface area contributed by atoms with Gasteiger partial charge in [-0.25, -0.2) is 0 Å². The van der Waals surface area contributed by atoms with Crippen molar-refractivity contribution in [1.29, 1.82) is 0 Å². The van der Waals surface area contributed by atoms with E-state index in [-0.39, 0.29) is 52.3 Å². The predicted molar refractivity (Wildman–Crippen MR) is 112 cm³/mol. The smallest absolute Gasteiger partial charge is 0.228 e. The Morgan fingerprint density at radius 2 is 1.63 bits per heavy atom. The molecule has 1 saturated heterocycles. The summed E-state index contributed by atoms with van der Waals surface area (Å²) in [4.78, 5) is 0. The van der Waals surface area contributed by atoms with Crippen LogP contribution < -0.4 is 21.9 Å². The Bertz CT molecular complexity index is 1100. The van der Waals surface area contributed by atoms with Gasteiger partial charge in [-0.2, -0.15) is 0 Å². The summed E-state index contributed by atoms with van der Waals surface area (Å²) in [6.45, 7) is -0.671. The Kier molecular flexibility index (Phi) is 7.74. The largest absolute Gasteiger partial charge is 1.00 e. The van der Waals surface area contributed by atoms with Crippen LogP contribution >= 0.6 is 0 Å². The first kappa shape index (κ1) is 26.5. The van der Waals surface area contributed by atoms with E-state index in [9.17, 15) is 40.9 Å². The fourth-order valence-electron chi connectivity index (χ4n) is 3.79. The molecule has 2 aromatic carbocycles. The lowest BCUT2D eigenvalue weighted by Gasteiger charge is -2.41. The predicted octanol–water partition coefficient (Wildman–Crippen LogP) is -3.19. The SMILES string of the molecule is COc1cc(C2Oc3cc(O)cc(O)c3C=C2O[C@@H]2O[C@H](CO)[C@H](O)[C@H](O)[C@H]2O)cc(O)c1O.[Cl-]. The molecule has 1 unspecified atom stereocenters. The maximum absolute atomic E-state index is 10.4. The van der Waals surface area contributed by atoms with Gasteiger partial charge in [-0.05, 0) is 18.2 Å². The number of aromatic hydroxyl groups is 4. The molecule has 0 amide bonds. The summed E-state index contributed by atoms with van der Waals surface area (Å²) in [5, 5.41) is 80.1. The van der Waals surface area contributed by atoms with Gasteiger partial charge in [0.25, 0.3) is 0 Å². The Morgan fingerprint density at radius 3 is 2.29 bits per heavy atom. The van der Waals surface area contributed by atoms with Gasteiger partial charge in [0.15, 0.2) is 17.6 Å². The zero-order valence-electron chi connectivity index (χ0n) is 18.1. The minimum atomic E-state index is -1.73. The maximum atomic E-state index is 10.4. The molecule has 192 valence electrons. The second-order valence-corrected chi connectivity index (χ2v) is 7.83. The molecule has 12 nitrogen and oxygen atoms in total. The Hall–Kier alpha value is -3.13. The average molecular weight is 516 g/mol. The van der Waals surface area contributed by atoms with E-state index in [1.807, 2.05) is 0 Å². The van der Waals surface area contributed by atoms with Crippen molar-refractivity contribution in [2.24, 2.45) is 0 Å². The number of phenolic OH excluding ortho intramolecular Hbond substituents is 4. The minimum absolute atomic E-state index is 0. The van der Waals surface area contributed by atoms with E-state index in [1.54, 1.807) is 0 Å². The molecule has 2 aliphatic heterocycles. The molecule has 2 aliphatic rings. The van der Waals surface area contributed by atoms with Crippen LogP contribution in [0.4, 0.5) is 0 Å². The molecule has 2 heterocycles. The number of aliphatic hydroxyl groups is 4. The molecule has 0 bridgehead atoms. The molecule has 6 atom stereocenters. The molecule has 0 radical (unpaired) electrons. The van der Waals surface area contributed by atoms with Crippen molar-refractivity contribution in [3.8, 4) is 34.5 Å². The number of rotatable bonds is 5. The second-order valence-electron chi connectivity index (χ2n) is 7.83. The molecule has 0 saturated carbocycles. The maximum Gasteiger partial charge on any atom is 0.228 e. The van der Waals surface area contributed by atoms with Crippen LogP contribution in [0.25, 0.3) is 6.08 Å². The topological polar surface area (TPSA) is 199 Å². The van der Waals surface area contributed by atoms with Crippen LogP contribution in [0.5, 0.6) is 34.5 Å². The summed E-state index contributed by atoms with van der Waals surface area (Å²) in [6.07, 6.45) is -7.67. The number of benzene rings is 2. The Labute approximate surface area is 204 Å². The summed E-state index contributed by atoms with van der Waals surface area (Å²) >= 11 is 0. The monoisotopic (exact) mass is 515 g/mol. The van der Waals surface area contributed by atoms with Crippen LogP contribution in [0, 0.1) is 0 Å². The van der Waals surface area contributed by atoms with Gasteiger partial charge in [-0.1, -0.05) is 0 Å². The van der Waals surface area contributed by atoms with Gasteiger partial charge in [-0.15, -0.1) is 0 Å². The van der Waals surface area contributed by atoms with Crippen molar-refractivity contribution in [3.63, 3.8) is 0 Å². The van der Waals surface area contributed by atoms with Gasteiger partial charge in [0.05, 0.1) is 19.3 Å². The van der Waals surface area contributed by atoms with Crippen molar-refractivity contribution in [2.75, 3.05) is 13.7 Å². The van der Waals surface area contributed by atoms with E-state index in [2.05, 4.69) is 0 Å². The summed E-state index contributed by atoms with van der Waals surface area (Å²) < 4.78 is 22.1. The second kappa shape index (κ2) is 10.2. The number of phenols is 4. The zero-order valence-corrected chi connectivity index (χ0v) is 18.9. The fraction of sp³-hybridized carbons (Fsp3) is 0.364. The lowest BCUT2D eigenvalue weighted by Crippen LogP contribution is -3.00. The molecule has 0 aliphatic carbocycles. The highest BCUT2D eigenvalue weighted by Gasteiger charge is 2.46. The van der Waals surface area contributed by atoms with Crippen LogP contribution in [0.15, 0.2) is 30.0 Å². The number of hydrogen-bond acceptors (Lipinski definition) is 12. The molecule has 8 N–H and O–H groups in total. The van der Waals surface area contributed by atoms with Crippen molar-refractivity contribution >= 4 is 6.08 Å². The fourth-order valence-corrected chi connectivity index (χ4v) is 3.79. The van der Waals surface area contributed by atoms with Crippen molar-refractivity contribution in [3.05, 3.63) is 41.2 Å². The molecule has 13 heteroatoms. The quantitative estimate of drug-likeness (QED) is 0.186. The van der Waals surface area contributed by atoms with E-state index < -0.39 is 54.9 Å². The normalized spacial score (nSPS) is 27.6. The molecule has 35 heavy (non-hydrogen) atoms. The van der Waals surface area contributed by atoms with E-state index in [1.165, 1.54) is 31.4 Å². The third-order valence-electron chi connectivity index (χ3n) is 5.60. The first-order valence-electron chi connectivity index (χ1n) is 10.2. The first-order chi connectivity index (χ1) is 16.1. The number of hydrogen-bond donors (Lipinski definition) is 8. The molecular weight excluding hydrogens is 492 g/mol. The number of fused-ring (bicyclic) bond motifs is 1. The molecule has 2 aromatic rings. The molecule has 4 rings (SSSR count). The summed E-state index contributed by atoms with van der Waals surface area (Å²) in [6, 6.07) is 4.82. The van der Waals surface area contributed by atoms with Crippen LogP contribution in [-0.4, -0.2) is 85.3 Å². The van der Waals surface area contributed by atoms with Crippen molar-refractivity contribution in [1.82, 2.24) is 0 Å². The van der Waals surface area contributed by atoms with Crippen molar-refractivity contribution < 1.29 is 72.2 Å². The van der Waals surface area contributed by atoms with E-state index in [4.69, 9.17) is 18.9 Å². The number of ether oxygens (including phenoxy) is 4. The van der Waals surface area contributed by atoms with E-state index in [0.717, 1.165) is 6.07 Å². The summed E-state index contributed by atoms with van der Waals surface area (Å²) in [5.41, 5.74) is 0.320. The number of aliphatic hydroxyl groups excluding tert-OH is 4. The van der Waals surface area contributed by atoms with E-state index in [0.29, 0.717) is 0 Å². The highest BCUT2D eigenvalue weighted by molar-refractivity contribution is 5.70. The summed E-state index contributed by atoms with van der Waals surface area (Å²) in [7, 11) is 1.27. The van der Waals surface area contributed by atoms with Crippen LogP contribution in [-0.2, 0) is 9.47 Å². The Morgan fingerprint density at radius 1 is 0.914 bits per heavy atom. The summed E-state index contributed by atoms with van der Waals surface area (Å²) in [5.74, 6) is -1.80. The van der Waals surface area contributed by atoms with Gasteiger partial charge in [0, 0.05) is 17.7 Å². The van der Waals surface area contributed by atoms with Gasteiger partial charge in [0.2, 0.25) is 12.0 Å². The zero-order chi connectivity index (χ0) is 24.7. The van der Waals surface area contributed by atoms with Crippen LogP contribution in [0.2, 0.25) is 0 Å². The van der Waals surface area contributed by atoms with Gasteiger partial charge >= 0.3 is 0 Å².